The lowest BCUT2D eigenvalue weighted by atomic mass is 10.2. The van der Waals surface area contributed by atoms with Gasteiger partial charge in [-0.15, -0.1) is 0 Å². The van der Waals surface area contributed by atoms with E-state index < -0.39 is 0 Å². The molecule has 98 valence electrons. The maximum atomic E-state index is 11.8. The normalized spacial score (nSPS) is 10.6. The molecule has 3 nitrogen and oxygen atoms in total. The van der Waals surface area contributed by atoms with Crippen LogP contribution in [-0.4, -0.2) is 13.0 Å². The van der Waals surface area contributed by atoms with E-state index in [1.165, 1.54) is 6.08 Å². The number of ether oxygens (including phenoxy) is 1. The SMILES string of the molecule is COc1ccc(C)cc1NC(=O)/C=C/c1ccsc1. The molecule has 0 unspecified atom stereocenters. The molecular weight excluding hydrogens is 258 g/mol. The van der Waals surface area contributed by atoms with Gasteiger partial charge in [0.15, 0.2) is 0 Å². The Balaban J connectivity index is 2.08. The van der Waals surface area contributed by atoms with E-state index in [2.05, 4.69) is 5.32 Å². The summed E-state index contributed by atoms with van der Waals surface area (Å²) in [7, 11) is 1.58. The fourth-order valence-corrected chi connectivity index (χ4v) is 2.26. The number of hydrogen-bond donors (Lipinski definition) is 1. The summed E-state index contributed by atoms with van der Waals surface area (Å²) in [5, 5.41) is 6.77. The maximum absolute atomic E-state index is 11.8. The predicted molar refractivity (Wildman–Crippen MR) is 79.7 cm³/mol. The number of carbonyl (C=O) groups is 1. The third kappa shape index (κ3) is 3.69. The molecule has 1 aromatic carbocycles. The summed E-state index contributed by atoms with van der Waals surface area (Å²) >= 11 is 1.60. The summed E-state index contributed by atoms with van der Waals surface area (Å²) in [4.78, 5) is 11.8. The number of aryl methyl sites for hydroxylation is 1. The zero-order valence-corrected chi connectivity index (χ0v) is 11.7. The van der Waals surface area contributed by atoms with Crippen LogP contribution in [0.3, 0.4) is 0 Å². The van der Waals surface area contributed by atoms with E-state index in [-0.39, 0.29) is 5.91 Å². The number of hydrogen-bond acceptors (Lipinski definition) is 3. The lowest BCUT2D eigenvalue weighted by Crippen LogP contribution is -2.09. The van der Waals surface area contributed by atoms with Crippen LogP contribution in [0.4, 0.5) is 5.69 Å². The Morgan fingerprint density at radius 2 is 2.21 bits per heavy atom. The second kappa shape index (κ2) is 6.20. The average molecular weight is 273 g/mol. The van der Waals surface area contributed by atoms with Crippen LogP contribution < -0.4 is 10.1 Å². The minimum Gasteiger partial charge on any atom is -0.495 e. The van der Waals surface area contributed by atoms with Crippen LogP contribution in [0.2, 0.25) is 0 Å². The van der Waals surface area contributed by atoms with Crippen molar-refractivity contribution >= 4 is 29.0 Å². The largest absolute Gasteiger partial charge is 0.495 e. The van der Waals surface area contributed by atoms with Crippen molar-refractivity contribution in [3.63, 3.8) is 0 Å². The molecule has 0 saturated heterocycles. The van der Waals surface area contributed by atoms with Gasteiger partial charge in [0.25, 0.3) is 0 Å². The van der Waals surface area contributed by atoms with Crippen molar-refractivity contribution in [2.24, 2.45) is 0 Å². The number of amides is 1. The number of nitrogens with one attached hydrogen (secondary N) is 1. The van der Waals surface area contributed by atoms with Crippen molar-refractivity contribution in [2.75, 3.05) is 12.4 Å². The van der Waals surface area contributed by atoms with Gasteiger partial charge in [0.05, 0.1) is 12.8 Å². The van der Waals surface area contributed by atoms with E-state index in [1.807, 2.05) is 41.9 Å². The Hall–Kier alpha value is -2.07. The average Bonchev–Trinajstić information content (AvgIpc) is 2.90. The van der Waals surface area contributed by atoms with Crippen LogP contribution in [-0.2, 0) is 4.79 Å². The molecular formula is C15H15NO2S. The van der Waals surface area contributed by atoms with E-state index >= 15 is 0 Å². The molecule has 4 heteroatoms. The molecule has 0 fully saturated rings. The van der Waals surface area contributed by atoms with Crippen LogP contribution in [0.15, 0.2) is 41.1 Å². The van der Waals surface area contributed by atoms with E-state index in [9.17, 15) is 4.79 Å². The zero-order chi connectivity index (χ0) is 13.7. The molecule has 0 aliphatic carbocycles. The van der Waals surface area contributed by atoms with Crippen LogP contribution >= 0.6 is 11.3 Å². The molecule has 2 aromatic rings. The molecule has 2 rings (SSSR count). The molecule has 1 aromatic heterocycles. The molecule has 1 N–H and O–H groups in total. The van der Waals surface area contributed by atoms with E-state index in [0.717, 1.165) is 11.1 Å². The second-order valence-electron chi connectivity index (χ2n) is 4.08. The number of methoxy groups -OCH3 is 1. The maximum Gasteiger partial charge on any atom is 0.248 e. The van der Waals surface area contributed by atoms with Gasteiger partial charge in [0.2, 0.25) is 5.91 Å². The molecule has 0 spiro atoms. The van der Waals surface area contributed by atoms with E-state index in [1.54, 1.807) is 24.5 Å². The predicted octanol–water partition coefficient (Wildman–Crippen LogP) is 3.72. The Morgan fingerprint density at radius 1 is 1.37 bits per heavy atom. The van der Waals surface area contributed by atoms with Crippen molar-refractivity contribution in [2.45, 2.75) is 6.92 Å². The lowest BCUT2D eigenvalue weighted by molar-refractivity contribution is -0.111. The number of benzene rings is 1. The highest BCUT2D eigenvalue weighted by atomic mass is 32.1. The molecule has 19 heavy (non-hydrogen) atoms. The second-order valence-corrected chi connectivity index (χ2v) is 4.86. The van der Waals surface area contributed by atoms with Gasteiger partial charge < -0.3 is 10.1 Å². The molecule has 0 atom stereocenters. The molecule has 0 radical (unpaired) electrons. The van der Waals surface area contributed by atoms with Crippen molar-refractivity contribution in [1.82, 2.24) is 0 Å². The monoisotopic (exact) mass is 273 g/mol. The number of carbonyl (C=O) groups excluding carboxylic acids is 1. The van der Waals surface area contributed by atoms with Gasteiger partial charge >= 0.3 is 0 Å². The van der Waals surface area contributed by atoms with Crippen molar-refractivity contribution in [1.29, 1.82) is 0 Å². The van der Waals surface area contributed by atoms with Crippen molar-refractivity contribution in [3.05, 3.63) is 52.2 Å². The van der Waals surface area contributed by atoms with Gasteiger partial charge in [-0.2, -0.15) is 11.3 Å². The fraction of sp³-hybridized carbons (Fsp3) is 0.133. The molecule has 0 aliphatic heterocycles. The first-order chi connectivity index (χ1) is 9.19. The first-order valence-corrected chi connectivity index (χ1v) is 6.79. The number of thiophene rings is 1. The number of anilines is 1. The fourth-order valence-electron chi connectivity index (χ4n) is 1.64. The smallest absolute Gasteiger partial charge is 0.248 e. The van der Waals surface area contributed by atoms with Crippen LogP contribution in [0, 0.1) is 6.92 Å². The highest BCUT2D eigenvalue weighted by Crippen LogP contribution is 2.25. The zero-order valence-electron chi connectivity index (χ0n) is 10.8. The van der Waals surface area contributed by atoms with Crippen LogP contribution in [0.1, 0.15) is 11.1 Å². The summed E-state index contributed by atoms with van der Waals surface area (Å²) in [5.41, 5.74) is 2.77. The molecule has 0 bridgehead atoms. The van der Waals surface area contributed by atoms with E-state index in [0.29, 0.717) is 11.4 Å². The first-order valence-electron chi connectivity index (χ1n) is 5.85. The Morgan fingerprint density at radius 3 is 2.89 bits per heavy atom. The lowest BCUT2D eigenvalue weighted by Gasteiger charge is -2.09. The van der Waals surface area contributed by atoms with Gasteiger partial charge in [-0.05, 0) is 53.1 Å². The summed E-state index contributed by atoms with van der Waals surface area (Å²) in [6.45, 7) is 1.97. The highest BCUT2D eigenvalue weighted by Gasteiger charge is 2.05. The first kappa shape index (κ1) is 13.4. The highest BCUT2D eigenvalue weighted by molar-refractivity contribution is 7.08. The standard InChI is InChI=1S/C15H15NO2S/c1-11-3-5-14(18-2)13(9-11)16-15(17)6-4-12-7-8-19-10-12/h3-10H,1-2H3,(H,16,17)/b6-4+. The molecule has 1 heterocycles. The van der Waals surface area contributed by atoms with E-state index in [4.69, 9.17) is 4.74 Å². The van der Waals surface area contributed by atoms with Gasteiger partial charge in [0.1, 0.15) is 5.75 Å². The Bertz CT molecular complexity index is 588. The minimum absolute atomic E-state index is 0.171. The van der Waals surface area contributed by atoms with Crippen molar-refractivity contribution < 1.29 is 9.53 Å². The topological polar surface area (TPSA) is 38.3 Å². The van der Waals surface area contributed by atoms with Gasteiger partial charge in [-0.3, -0.25) is 4.79 Å². The summed E-state index contributed by atoms with van der Waals surface area (Å²) < 4.78 is 5.21. The van der Waals surface area contributed by atoms with Gasteiger partial charge in [-0.25, -0.2) is 0 Å². The third-order valence-corrected chi connectivity index (χ3v) is 3.28. The van der Waals surface area contributed by atoms with Crippen LogP contribution in [0.5, 0.6) is 5.75 Å². The van der Waals surface area contributed by atoms with Gasteiger partial charge in [0, 0.05) is 6.08 Å². The Labute approximate surface area is 116 Å². The molecule has 1 amide bonds. The minimum atomic E-state index is -0.171. The molecule has 0 aliphatic rings. The van der Waals surface area contributed by atoms with Gasteiger partial charge in [-0.1, -0.05) is 6.07 Å². The number of rotatable bonds is 4. The Kier molecular flexibility index (Phi) is 4.36. The summed E-state index contributed by atoms with van der Waals surface area (Å²) in [6.07, 6.45) is 3.30. The summed E-state index contributed by atoms with van der Waals surface area (Å²) in [6, 6.07) is 7.63. The van der Waals surface area contributed by atoms with Crippen molar-refractivity contribution in [3.8, 4) is 5.75 Å². The quantitative estimate of drug-likeness (QED) is 0.862. The summed E-state index contributed by atoms with van der Waals surface area (Å²) in [5.74, 6) is 0.484. The third-order valence-electron chi connectivity index (χ3n) is 2.58. The van der Waals surface area contributed by atoms with Crippen LogP contribution in [0.25, 0.3) is 6.08 Å². The molecule has 0 saturated carbocycles.